The maximum Gasteiger partial charge on any atom is 0.264 e. The number of aryl methyl sites for hydroxylation is 1. The zero-order valence-corrected chi connectivity index (χ0v) is 12.6. The van der Waals surface area contributed by atoms with E-state index in [0.717, 1.165) is 6.08 Å². The van der Waals surface area contributed by atoms with Crippen LogP contribution in [-0.4, -0.2) is 14.3 Å². The number of hydrogen-bond acceptors (Lipinski definition) is 4. The summed E-state index contributed by atoms with van der Waals surface area (Å²) in [5.41, 5.74) is 0. The molecule has 0 unspecified atom stereocenters. The van der Waals surface area contributed by atoms with Gasteiger partial charge in [-0.1, -0.05) is 11.6 Å². The van der Waals surface area contributed by atoms with E-state index in [4.69, 9.17) is 16.0 Å². The van der Waals surface area contributed by atoms with Crippen LogP contribution in [-0.2, 0) is 14.8 Å². The van der Waals surface area contributed by atoms with Crippen molar-refractivity contribution in [2.24, 2.45) is 0 Å². The van der Waals surface area contributed by atoms with Gasteiger partial charge < -0.3 is 4.42 Å². The minimum atomic E-state index is -3.92. The summed E-state index contributed by atoms with van der Waals surface area (Å²) in [4.78, 5) is 11.6. The number of carbonyl (C=O) groups is 1. The van der Waals surface area contributed by atoms with E-state index in [0.29, 0.717) is 16.5 Å². The Labute approximate surface area is 127 Å². The van der Waals surface area contributed by atoms with Crippen molar-refractivity contribution in [1.82, 2.24) is 4.72 Å². The van der Waals surface area contributed by atoms with E-state index in [1.807, 2.05) is 4.72 Å². The largest absolute Gasteiger partial charge is 0.462 e. The van der Waals surface area contributed by atoms with Gasteiger partial charge in [-0.3, -0.25) is 4.79 Å². The highest BCUT2D eigenvalue weighted by Gasteiger charge is 2.15. The van der Waals surface area contributed by atoms with Crippen molar-refractivity contribution < 1.29 is 17.6 Å². The molecule has 1 amide bonds. The van der Waals surface area contributed by atoms with Gasteiger partial charge in [0.05, 0.1) is 4.90 Å². The smallest absolute Gasteiger partial charge is 0.264 e. The highest BCUT2D eigenvalue weighted by Crippen LogP contribution is 2.14. The predicted octanol–water partition coefficient (Wildman–Crippen LogP) is 2.76. The Morgan fingerprint density at radius 1 is 1.19 bits per heavy atom. The second-order valence-electron chi connectivity index (χ2n) is 4.21. The first kappa shape index (κ1) is 15.3. The summed E-state index contributed by atoms with van der Waals surface area (Å²) in [6.45, 7) is 1.77. The molecule has 1 heterocycles. The molecule has 2 rings (SSSR count). The van der Waals surface area contributed by atoms with Crippen LogP contribution in [0.2, 0.25) is 5.02 Å². The zero-order chi connectivity index (χ0) is 15.5. The Balaban J connectivity index is 2.08. The van der Waals surface area contributed by atoms with Crippen LogP contribution in [0.25, 0.3) is 6.08 Å². The summed E-state index contributed by atoms with van der Waals surface area (Å²) >= 11 is 5.68. The molecule has 0 saturated carbocycles. The molecule has 0 atom stereocenters. The number of carbonyl (C=O) groups excluding carboxylic acids is 1. The van der Waals surface area contributed by atoms with E-state index in [1.165, 1.54) is 30.3 Å². The molecule has 0 aliphatic rings. The Morgan fingerprint density at radius 3 is 2.43 bits per heavy atom. The van der Waals surface area contributed by atoms with Gasteiger partial charge >= 0.3 is 0 Å². The quantitative estimate of drug-likeness (QED) is 0.877. The number of sulfonamides is 1. The number of amides is 1. The minimum absolute atomic E-state index is 0.0394. The normalized spacial score (nSPS) is 11.7. The summed E-state index contributed by atoms with van der Waals surface area (Å²) in [6, 6.07) is 8.91. The molecule has 1 aromatic carbocycles. The Hall–Kier alpha value is -2.05. The number of benzene rings is 1. The van der Waals surface area contributed by atoms with E-state index >= 15 is 0 Å². The van der Waals surface area contributed by atoms with Crippen molar-refractivity contribution in [2.45, 2.75) is 11.8 Å². The zero-order valence-electron chi connectivity index (χ0n) is 11.0. The van der Waals surface area contributed by atoms with E-state index in [2.05, 4.69) is 0 Å². The molecule has 0 radical (unpaired) electrons. The number of hydrogen-bond donors (Lipinski definition) is 1. The molecule has 1 N–H and O–H groups in total. The van der Waals surface area contributed by atoms with Gasteiger partial charge in [0.2, 0.25) is 0 Å². The van der Waals surface area contributed by atoms with Crippen LogP contribution in [0.5, 0.6) is 0 Å². The first-order valence-electron chi connectivity index (χ1n) is 5.94. The van der Waals surface area contributed by atoms with Gasteiger partial charge in [-0.2, -0.15) is 0 Å². The molecule has 21 heavy (non-hydrogen) atoms. The van der Waals surface area contributed by atoms with Crippen LogP contribution in [0.4, 0.5) is 0 Å². The summed E-state index contributed by atoms with van der Waals surface area (Å²) in [6.07, 6.45) is 2.48. The van der Waals surface area contributed by atoms with Crippen LogP contribution >= 0.6 is 11.6 Å². The minimum Gasteiger partial charge on any atom is -0.462 e. The highest BCUT2D eigenvalue weighted by atomic mass is 35.5. The van der Waals surface area contributed by atoms with Gasteiger partial charge in [0, 0.05) is 11.1 Å². The maximum absolute atomic E-state index is 11.9. The molecule has 110 valence electrons. The Morgan fingerprint density at radius 2 is 1.86 bits per heavy atom. The van der Waals surface area contributed by atoms with E-state index < -0.39 is 15.9 Å². The third kappa shape index (κ3) is 4.21. The lowest BCUT2D eigenvalue weighted by Crippen LogP contribution is -2.28. The van der Waals surface area contributed by atoms with Crippen LogP contribution in [0.3, 0.4) is 0 Å². The maximum atomic E-state index is 11.9. The van der Waals surface area contributed by atoms with Gasteiger partial charge in [-0.05, 0) is 49.4 Å². The van der Waals surface area contributed by atoms with E-state index in [9.17, 15) is 13.2 Å². The highest BCUT2D eigenvalue weighted by molar-refractivity contribution is 7.90. The van der Waals surface area contributed by atoms with Crippen LogP contribution in [0.15, 0.2) is 51.8 Å². The molecule has 0 spiro atoms. The summed E-state index contributed by atoms with van der Waals surface area (Å²) in [5, 5.41) is 0.411. The van der Waals surface area contributed by atoms with Crippen molar-refractivity contribution in [3.05, 3.63) is 59.0 Å². The molecule has 2 aromatic rings. The number of furan rings is 1. The molecular weight excluding hydrogens is 314 g/mol. The molecule has 0 fully saturated rings. The summed E-state index contributed by atoms with van der Waals surface area (Å²) in [7, 11) is -3.92. The van der Waals surface area contributed by atoms with Gasteiger partial charge in [0.25, 0.3) is 15.9 Å². The predicted molar refractivity (Wildman–Crippen MR) is 79.3 cm³/mol. The fourth-order valence-corrected chi connectivity index (χ4v) is 2.61. The summed E-state index contributed by atoms with van der Waals surface area (Å²) in [5.74, 6) is 0.398. The molecular formula is C14H12ClNO4S. The number of nitrogens with one attached hydrogen (secondary N) is 1. The second kappa shape index (κ2) is 6.15. The molecule has 1 aromatic heterocycles. The van der Waals surface area contributed by atoms with Crippen molar-refractivity contribution >= 4 is 33.6 Å². The lowest BCUT2D eigenvalue weighted by molar-refractivity contribution is -0.114. The van der Waals surface area contributed by atoms with Crippen LogP contribution in [0, 0.1) is 6.92 Å². The molecule has 0 bridgehead atoms. The van der Waals surface area contributed by atoms with E-state index in [1.54, 1.807) is 19.1 Å². The van der Waals surface area contributed by atoms with Gasteiger partial charge in [-0.25, -0.2) is 13.1 Å². The number of rotatable bonds is 4. The lowest BCUT2D eigenvalue weighted by atomic mass is 10.4. The fourth-order valence-electron chi connectivity index (χ4n) is 1.54. The first-order chi connectivity index (χ1) is 9.87. The standard InChI is InChI=1S/C14H12ClNO4S/c1-10-2-5-12(20-10)6-9-14(17)16-21(18,19)13-7-3-11(15)4-8-13/h2-9H,1H3,(H,16,17)/b9-6+. The van der Waals surface area contributed by atoms with Gasteiger partial charge in [0.15, 0.2) is 0 Å². The third-order valence-electron chi connectivity index (χ3n) is 2.52. The van der Waals surface area contributed by atoms with Crippen molar-refractivity contribution in [1.29, 1.82) is 0 Å². The topological polar surface area (TPSA) is 76.4 Å². The molecule has 7 heteroatoms. The lowest BCUT2D eigenvalue weighted by Gasteiger charge is -2.04. The van der Waals surface area contributed by atoms with Crippen molar-refractivity contribution in [3.63, 3.8) is 0 Å². The Bertz CT molecular complexity index is 776. The molecule has 0 aliphatic heterocycles. The fraction of sp³-hybridized carbons (Fsp3) is 0.0714. The van der Waals surface area contributed by atoms with Crippen molar-refractivity contribution in [2.75, 3.05) is 0 Å². The number of halogens is 1. The monoisotopic (exact) mass is 325 g/mol. The Kier molecular flexibility index (Phi) is 4.50. The van der Waals surface area contributed by atoms with Crippen LogP contribution in [0.1, 0.15) is 11.5 Å². The SMILES string of the molecule is Cc1ccc(/C=C/C(=O)NS(=O)(=O)c2ccc(Cl)cc2)o1. The van der Waals surface area contributed by atoms with Gasteiger partial charge in [0.1, 0.15) is 11.5 Å². The molecule has 0 aliphatic carbocycles. The molecule has 5 nitrogen and oxygen atoms in total. The first-order valence-corrected chi connectivity index (χ1v) is 7.80. The van der Waals surface area contributed by atoms with Crippen molar-refractivity contribution in [3.8, 4) is 0 Å². The average Bonchev–Trinajstić information content (AvgIpc) is 2.82. The molecule has 0 saturated heterocycles. The van der Waals surface area contributed by atoms with E-state index in [-0.39, 0.29) is 4.90 Å². The third-order valence-corrected chi connectivity index (χ3v) is 4.13. The summed E-state index contributed by atoms with van der Waals surface area (Å²) < 4.78 is 31.0. The second-order valence-corrected chi connectivity index (χ2v) is 6.32. The van der Waals surface area contributed by atoms with Gasteiger partial charge in [-0.15, -0.1) is 0 Å². The van der Waals surface area contributed by atoms with Crippen LogP contribution < -0.4 is 4.72 Å². The average molecular weight is 326 g/mol.